The molecule has 1 aromatic carbocycles. The third kappa shape index (κ3) is 4.93. The highest BCUT2D eigenvalue weighted by molar-refractivity contribution is 7.17. The Balaban J connectivity index is 1.08. The summed E-state index contributed by atoms with van der Waals surface area (Å²) in [5, 5.41) is 25.6. The Hall–Kier alpha value is -2.41. The molecule has 0 bridgehead atoms. The maximum atomic E-state index is 12.7. The second kappa shape index (κ2) is 9.45. The Bertz CT molecular complexity index is 1050. The molecular weight excluding hydrogens is 460 g/mol. The Morgan fingerprint density at radius 1 is 1.24 bits per heavy atom. The largest absolute Gasteiger partial charge is 0.490 e. The average Bonchev–Trinajstić information content (AvgIpc) is 3.29. The van der Waals surface area contributed by atoms with E-state index in [1.807, 2.05) is 6.07 Å². The fourth-order valence-corrected chi connectivity index (χ4v) is 5.99. The number of anilines is 1. The molecule has 5 rings (SSSR count). The molecule has 10 heteroatoms. The highest BCUT2D eigenvalue weighted by Gasteiger charge is 2.44. The zero-order valence-corrected chi connectivity index (χ0v) is 19.9. The molecule has 174 valence electrons. The van der Waals surface area contributed by atoms with E-state index in [2.05, 4.69) is 25.7 Å². The van der Waals surface area contributed by atoms with E-state index in [4.69, 9.17) is 21.6 Å². The smallest absolute Gasteiger partial charge is 0.282 e. The van der Waals surface area contributed by atoms with Gasteiger partial charge >= 0.3 is 0 Å². The summed E-state index contributed by atoms with van der Waals surface area (Å²) in [5.41, 5.74) is 0.860. The summed E-state index contributed by atoms with van der Waals surface area (Å²) >= 11 is 7.48. The number of carbonyl (C=O) groups is 1. The Morgan fingerprint density at radius 3 is 2.70 bits per heavy atom. The number of benzene rings is 1. The molecule has 1 amide bonds. The SMILES string of the molecule is N#Cc1ccc(OC2CCC(NC(=O)c3nnc(N4CC5(CCNCC5)C4)s3)CC2)cc1Cl. The van der Waals surface area contributed by atoms with Gasteiger partial charge < -0.3 is 20.3 Å². The Kier molecular flexibility index (Phi) is 6.41. The van der Waals surface area contributed by atoms with Crippen molar-refractivity contribution in [2.75, 3.05) is 31.1 Å². The molecule has 8 nitrogen and oxygen atoms in total. The van der Waals surface area contributed by atoms with Crippen LogP contribution in [0.4, 0.5) is 5.13 Å². The number of ether oxygens (including phenoxy) is 1. The van der Waals surface area contributed by atoms with Crippen LogP contribution in [0.1, 0.15) is 53.9 Å². The first kappa shape index (κ1) is 22.4. The minimum atomic E-state index is -0.140. The minimum absolute atomic E-state index is 0.0732. The predicted octanol–water partition coefficient (Wildman–Crippen LogP) is 3.37. The van der Waals surface area contributed by atoms with Crippen LogP contribution in [0.25, 0.3) is 0 Å². The van der Waals surface area contributed by atoms with Crippen molar-refractivity contribution >= 4 is 34.0 Å². The molecule has 1 aliphatic carbocycles. The number of nitrogens with one attached hydrogen (secondary N) is 2. The van der Waals surface area contributed by atoms with E-state index >= 15 is 0 Å². The lowest BCUT2D eigenvalue weighted by molar-refractivity contribution is 0.0893. The Morgan fingerprint density at radius 2 is 2.00 bits per heavy atom. The van der Waals surface area contributed by atoms with Crippen molar-refractivity contribution in [2.45, 2.75) is 50.7 Å². The van der Waals surface area contributed by atoms with Gasteiger partial charge in [-0.15, -0.1) is 10.2 Å². The summed E-state index contributed by atoms with van der Waals surface area (Å²) in [4.78, 5) is 15.0. The molecule has 1 aromatic heterocycles. The summed E-state index contributed by atoms with van der Waals surface area (Å²) in [5.74, 6) is 0.532. The summed E-state index contributed by atoms with van der Waals surface area (Å²) in [6.45, 7) is 4.21. The number of aromatic nitrogens is 2. The predicted molar refractivity (Wildman–Crippen MR) is 127 cm³/mol. The van der Waals surface area contributed by atoms with Crippen molar-refractivity contribution in [3.05, 3.63) is 33.8 Å². The van der Waals surface area contributed by atoms with Crippen LogP contribution < -0.4 is 20.3 Å². The van der Waals surface area contributed by atoms with E-state index in [1.165, 1.54) is 24.2 Å². The standard InChI is InChI=1S/C23H27ClN6O2S/c24-19-11-18(4-1-15(19)12-25)32-17-5-2-16(3-6-17)27-20(31)21-28-29-22(33-21)30-13-23(14-30)7-9-26-10-8-23/h1,4,11,16-17,26H,2-3,5-10,13-14H2,(H,27,31). The highest BCUT2D eigenvalue weighted by atomic mass is 35.5. The second-order valence-corrected chi connectivity index (χ2v) is 10.7. The van der Waals surface area contributed by atoms with Gasteiger partial charge in [-0.25, -0.2) is 0 Å². The van der Waals surface area contributed by atoms with E-state index in [-0.39, 0.29) is 18.1 Å². The van der Waals surface area contributed by atoms with Crippen molar-refractivity contribution in [1.29, 1.82) is 5.26 Å². The molecule has 2 saturated heterocycles. The summed E-state index contributed by atoms with van der Waals surface area (Å²) in [6.07, 6.45) is 5.86. The van der Waals surface area contributed by atoms with E-state index in [0.29, 0.717) is 26.8 Å². The molecule has 33 heavy (non-hydrogen) atoms. The summed E-state index contributed by atoms with van der Waals surface area (Å²) < 4.78 is 6.03. The number of carbonyl (C=O) groups excluding carboxylic acids is 1. The second-order valence-electron chi connectivity index (χ2n) is 9.31. The van der Waals surface area contributed by atoms with Gasteiger partial charge in [0, 0.05) is 30.6 Å². The van der Waals surface area contributed by atoms with Crippen molar-refractivity contribution in [2.24, 2.45) is 5.41 Å². The molecule has 2 aromatic rings. The number of rotatable bonds is 5. The van der Waals surface area contributed by atoms with Crippen LogP contribution in [0, 0.1) is 16.7 Å². The van der Waals surface area contributed by atoms with Gasteiger partial charge in [0.1, 0.15) is 11.8 Å². The molecule has 0 unspecified atom stereocenters. The normalized spacial score (nSPS) is 24.1. The zero-order valence-electron chi connectivity index (χ0n) is 18.3. The monoisotopic (exact) mass is 486 g/mol. The van der Waals surface area contributed by atoms with E-state index in [0.717, 1.165) is 57.0 Å². The lowest BCUT2D eigenvalue weighted by Gasteiger charge is -2.52. The maximum absolute atomic E-state index is 12.7. The van der Waals surface area contributed by atoms with Crippen LogP contribution >= 0.6 is 22.9 Å². The number of nitriles is 1. The van der Waals surface area contributed by atoms with Gasteiger partial charge in [0.05, 0.1) is 16.7 Å². The third-order valence-corrected chi connectivity index (χ3v) is 8.26. The molecule has 1 spiro atoms. The average molecular weight is 487 g/mol. The number of halogens is 1. The third-order valence-electron chi connectivity index (χ3n) is 6.97. The zero-order chi connectivity index (χ0) is 22.8. The molecule has 0 radical (unpaired) electrons. The lowest BCUT2D eigenvalue weighted by Crippen LogP contribution is -2.60. The number of amides is 1. The van der Waals surface area contributed by atoms with E-state index < -0.39 is 0 Å². The first-order valence-electron chi connectivity index (χ1n) is 11.5. The van der Waals surface area contributed by atoms with Crippen molar-refractivity contribution in [1.82, 2.24) is 20.8 Å². The molecule has 3 aliphatic rings. The molecule has 3 heterocycles. The minimum Gasteiger partial charge on any atom is -0.490 e. The van der Waals surface area contributed by atoms with Crippen LogP contribution in [0.5, 0.6) is 5.75 Å². The molecule has 1 saturated carbocycles. The van der Waals surface area contributed by atoms with Crippen molar-refractivity contribution in [3.63, 3.8) is 0 Å². The van der Waals surface area contributed by atoms with Crippen LogP contribution in [-0.4, -0.2) is 54.4 Å². The van der Waals surface area contributed by atoms with Crippen LogP contribution in [-0.2, 0) is 0 Å². The van der Waals surface area contributed by atoms with Crippen molar-refractivity contribution in [3.8, 4) is 11.8 Å². The van der Waals surface area contributed by atoms with Gasteiger partial charge in [-0.1, -0.05) is 22.9 Å². The van der Waals surface area contributed by atoms with Crippen molar-refractivity contribution < 1.29 is 9.53 Å². The van der Waals surface area contributed by atoms with Crippen LogP contribution in [0.3, 0.4) is 0 Å². The van der Waals surface area contributed by atoms with Crippen LogP contribution in [0.2, 0.25) is 5.02 Å². The fraction of sp³-hybridized carbons (Fsp3) is 0.565. The maximum Gasteiger partial charge on any atom is 0.282 e. The summed E-state index contributed by atoms with van der Waals surface area (Å²) in [6, 6.07) is 7.29. The van der Waals surface area contributed by atoms with Gasteiger partial charge in [0.25, 0.3) is 5.91 Å². The van der Waals surface area contributed by atoms with Gasteiger partial charge in [-0.3, -0.25) is 4.79 Å². The number of nitrogens with zero attached hydrogens (tertiary/aromatic N) is 4. The number of piperidine rings is 1. The van der Waals surface area contributed by atoms with Gasteiger partial charge in [0.15, 0.2) is 0 Å². The van der Waals surface area contributed by atoms with Gasteiger partial charge in [0.2, 0.25) is 10.1 Å². The number of hydrogen-bond acceptors (Lipinski definition) is 8. The topological polar surface area (TPSA) is 103 Å². The number of hydrogen-bond donors (Lipinski definition) is 2. The first-order chi connectivity index (χ1) is 16.0. The Labute approximate surface area is 202 Å². The molecular formula is C23H27ClN6O2S. The summed E-state index contributed by atoms with van der Waals surface area (Å²) in [7, 11) is 0. The molecule has 0 atom stereocenters. The fourth-order valence-electron chi connectivity index (χ4n) is 5.03. The van der Waals surface area contributed by atoms with E-state index in [1.54, 1.807) is 18.2 Å². The van der Waals surface area contributed by atoms with Gasteiger partial charge in [-0.2, -0.15) is 5.26 Å². The lowest BCUT2D eigenvalue weighted by atomic mass is 9.73. The molecule has 3 fully saturated rings. The van der Waals surface area contributed by atoms with Gasteiger partial charge in [-0.05, 0) is 63.7 Å². The molecule has 2 N–H and O–H groups in total. The molecule has 2 aliphatic heterocycles. The van der Waals surface area contributed by atoms with Crippen LogP contribution in [0.15, 0.2) is 18.2 Å². The first-order valence-corrected chi connectivity index (χ1v) is 12.7. The quantitative estimate of drug-likeness (QED) is 0.667. The van der Waals surface area contributed by atoms with E-state index in [9.17, 15) is 4.79 Å². The highest BCUT2D eigenvalue weighted by Crippen LogP contribution is 2.41.